The molecule has 0 aliphatic carbocycles. The number of anilines is 1. The zero-order valence-corrected chi connectivity index (χ0v) is 23.0. The number of carbonyl (C=O) groups is 4. The molecular formula is C28H38N4O7. The lowest BCUT2D eigenvalue weighted by molar-refractivity contribution is -0.141. The van der Waals surface area contributed by atoms with Gasteiger partial charge in [-0.25, -0.2) is 4.79 Å². The number of benzene rings is 2. The summed E-state index contributed by atoms with van der Waals surface area (Å²) in [7, 11) is 0. The van der Waals surface area contributed by atoms with Crippen LogP contribution in [0.5, 0.6) is 5.75 Å². The van der Waals surface area contributed by atoms with E-state index in [9.17, 15) is 29.4 Å². The number of rotatable bonds is 11. The van der Waals surface area contributed by atoms with Gasteiger partial charge in [-0.3, -0.25) is 14.4 Å². The first-order valence-electron chi connectivity index (χ1n) is 12.6. The molecule has 11 heteroatoms. The normalized spacial score (nSPS) is 12.7. The maximum atomic E-state index is 13.9. The van der Waals surface area contributed by atoms with Crippen molar-refractivity contribution in [2.24, 2.45) is 5.73 Å². The molecule has 2 aromatic rings. The van der Waals surface area contributed by atoms with Gasteiger partial charge >= 0.3 is 6.09 Å². The SMILES string of the molecule is Cc1cccc(C)c1NC(=O)C(c1ccc(O)cc1)N(CCO)C(=O)C(CCC(N)=O)NC(=O)OC(C)(C)C. The number of alkyl carbamates (subject to hydrolysis) is 1. The van der Waals surface area contributed by atoms with Gasteiger partial charge in [0.05, 0.1) is 6.61 Å². The van der Waals surface area contributed by atoms with E-state index in [4.69, 9.17) is 10.5 Å². The number of para-hydroxylation sites is 1. The van der Waals surface area contributed by atoms with E-state index in [1.54, 1.807) is 20.8 Å². The van der Waals surface area contributed by atoms with Crippen molar-refractivity contribution in [1.82, 2.24) is 10.2 Å². The van der Waals surface area contributed by atoms with Gasteiger partial charge in [-0.05, 0) is 69.9 Å². The van der Waals surface area contributed by atoms with Gasteiger partial charge in [0.2, 0.25) is 11.8 Å². The molecule has 2 unspecified atom stereocenters. The third-order valence-corrected chi connectivity index (χ3v) is 5.79. The molecule has 0 heterocycles. The number of nitrogens with zero attached hydrogens (tertiary/aromatic N) is 1. The van der Waals surface area contributed by atoms with Crippen LogP contribution in [-0.4, -0.2) is 63.7 Å². The van der Waals surface area contributed by atoms with Crippen molar-refractivity contribution in [3.63, 3.8) is 0 Å². The van der Waals surface area contributed by atoms with Crippen LogP contribution < -0.4 is 16.4 Å². The third-order valence-electron chi connectivity index (χ3n) is 5.79. The van der Waals surface area contributed by atoms with Crippen molar-refractivity contribution in [3.8, 4) is 5.75 Å². The van der Waals surface area contributed by atoms with E-state index in [0.29, 0.717) is 11.3 Å². The number of nitrogens with one attached hydrogen (secondary N) is 2. The number of hydrogen-bond donors (Lipinski definition) is 5. The number of amides is 4. The highest BCUT2D eigenvalue weighted by Crippen LogP contribution is 2.28. The first-order valence-corrected chi connectivity index (χ1v) is 12.6. The minimum atomic E-state index is -1.29. The molecule has 0 saturated carbocycles. The average Bonchev–Trinajstić information content (AvgIpc) is 2.83. The molecule has 11 nitrogen and oxygen atoms in total. The van der Waals surface area contributed by atoms with Gasteiger partial charge < -0.3 is 36.2 Å². The monoisotopic (exact) mass is 542 g/mol. The first kappa shape index (κ1) is 31.1. The number of hydrogen-bond acceptors (Lipinski definition) is 7. The summed E-state index contributed by atoms with van der Waals surface area (Å²) in [5.41, 5.74) is 6.97. The second kappa shape index (κ2) is 13.6. The molecule has 2 atom stereocenters. The molecule has 2 aromatic carbocycles. The Kier molecular flexibility index (Phi) is 10.9. The van der Waals surface area contributed by atoms with Gasteiger partial charge in [-0.2, -0.15) is 0 Å². The predicted molar refractivity (Wildman–Crippen MR) is 146 cm³/mol. The van der Waals surface area contributed by atoms with Crippen molar-refractivity contribution in [2.75, 3.05) is 18.5 Å². The molecule has 0 aliphatic rings. The fourth-order valence-electron chi connectivity index (χ4n) is 4.00. The van der Waals surface area contributed by atoms with Crippen molar-refractivity contribution >= 4 is 29.5 Å². The number of aliphatic hydroxyl groups is 1. The Bertz CT molecular complexity index is 1160. The van der Waals surface area contributed by atoms with Crippen LogP contribution in [0.1, 0.15) is 56.3 Å². The molecule has 6 N–H and O–H groups in total. The number of phenolic OH excluding ortho intramolecular Hbond substituents is 1. The summed E-state index contributed by atoms with van der Waals surface area (Å²) in [6, 6.07) is 8.69. The van der Waals surface area contributed by atoms with E-state index in [2.05, 4.69) is 10.6 Å². The topological polar surface area (TPSA) is 171 Å². The zero-order valence-electron chi connectivity index (χ0n) is 23.0. The quantitative estimate of drug-likeness (QED) is 0.290. The Balaban J connectivity index is 2.53. The van der Waals surface area contributed by atoms with Crippen LogP contribution in [0.3, 0.4) is 0 Å². The Morgan fingerprint density at radius 1 is 1.03 bits per heavy atom. The first-order chi connectivity index (χ1) is 18.2. The molecule has 0 radical (unpaired) electrons. The Morgan fingerprint density at radius 3 is 2.13 bits per heavy atom. The largest absolute Gasteiger partial charge is 0.508 e. The Morgan fingerprint density at radius 2 is 1.62 bits per heavy atom. The summed E-state index contributed by atoms with van der Waals surface area (Å²) in [5.74, 6) is -2.04. The molecule has 0 bridgehead atoms. The smallest absolute Gasteiger partial charge is 0.408 e. The number of aromatic hydroxyl groups is 1. The molecule has 2 rings (SSSR count). The Hall–Kier alpha value is -4.12. The third kappa shape index (κ3) is 9.29. The molecule has 0 aliphatic heterocycles. The number of ether oxygens (including phenoxy) is 1. The van der Waals surface area contributed by atoms with Gasteiger partial charge in [0, 0.05) is 18.7 Å². The van der Waals surface area contributed by atoms with Crippen LogP contribution in [0.15, 0.2) is 42.5 Å². The molecule has 0 aromatic heterocycles. The maximum absolute atomic E-state index is 13.9. The summed E-state index contributed by atoms with van der Waals surface area (Å²) in [6.45, 7) is 7.87. The molecule has 212 valence electrons. The van der Waals surface area contributed by atoms with Gasteiger partial charge in [0.1, 0.15) is 23.4 Å². The van der Waals surface area contributed by atoms with Gasteiger partial charge in [-0.1, -0.05) is 30.3 Å². The number of carbonyl (C=O) groups excluding carboxylic acids is 4. The summed E-state index contributed by atoms with van der Waals surface area (Å²) in [6.07, 6.45) is -1.27. The summed E-state index contributed by atoms with van der Waals surface area (Å²) < 4.78 is 5.28. The predicted octanol–water partition coefficient (Wildman–Crippen LogP) is 2.67. The minimum absolute atomic E-state index is 0.0429. The Labute approximate surface area is 228 Å². The summed E-state index contributed by atoms with van der Waals surface area (Å²) in [4.78, 5) is 52.9. The highest BCUT2D eigenvalue weighted by atomic mass is 16.6. The average molecular weight is 543 g/mol. The van der Waals surface area contributed by atoms with Crippen LogP contribution in [-0.2, 0) is 19.1 Å². The lowest BCUT2D eigenvalue weighted by Crippen LogP contribution is -2.53. The highest BCUT2D eigenvalue weighted by molar-refractivity contribution is 6.00. The van der Waals surface area contributed by atoms with Crippen molar-refractivity contribution in [3.05, 3.63) is 59.2 Å². The van der Waals surface area contributed by atoms with Crippen LogP contribution >= 0.6 is 0 Å². The van der Waals surface area contributed by atoms with Gasteiger partial charge in [0.15, 0.2) is 0 Å². The summed E-state index contributed by atoms with van der Waals surface area (Å²) >= 11 is 0. The highest BCUT2D eigenvalue weighted by Gasteiger charge is 2.36. The van der Waals surface area contributed by atoms with Crippen molar-refractivity contribution < 1.29 is 34.1 Å². The van der Waals surface area contributed by atoms with Crippen LogP contribution in [0.25, 0.3) is 0 Å². The van der Waals surface area contributed by atoms with Crippen LogP contribution in [0, 0.1) is 13.8 Å². The van der Waals surface area contributed by atoms with Crippen molar-refractivity contribution in [1.29, 1.82) is 0 Å². The van der Waals surface area contributed by atoms with Crippen molar-refractivity contribution in [2.45, 2.75) is 65.1 Å². The van der Waals surface area contributed by atoms with E-state index >= 15 is 0 Å². The van der Waals surface area contributed by atoms with Gasteiger partial charge in [-0.15, -0.1) is 0 Å². The van der Waals surface area contributed by atoms with E-state index in [1.165, 1.54) is 24.3 Å². The van der Waals surface area contributed by atoms with E-state index in [-0.39, 0.29) is 25.1 Å². The number of nitrogens with two attached hydrogens (primary N) is 1. The second-order valence-electron chi connectivity index (χ2n) is 10.2. The molecule has 39 heavy (non-hydrogen) atoms. The number of primary amides is 1. The maximum Gasteiger partial charge on any atom is 0.408 e. The lowest BCUT2D eigenvalue weighted by atomic mass is 10.0. The van der Waals surface area contributed by atoms with Crippen LogP contribution in [0.2, 0.25) is 0 Å². The fourth-order valence-corrected chi connectivity index (χ4v) is 4.00. The minimum Gasteiger partial charge on any atom is -0.508 e. The molecule has 4 amide bonds. The van der Waals surface area contributed by atoms with Crippen LogP contribution in [0.4, 0.5) is 10.5 Å². The fraction of sp³-hybridized carbons (Fsp3) is 0.429. The van der Waals surface area contributed by atoms with E-state index < -0.39 is 48.1 Å². The van der Waals surface area contributed by atoms with Gasteiger partial charge in [0.25, 0.3) is 5.91 Å². The molecule has 0 saturated heterocycles. The molecular weight excluding hydrogens is 504 g/mol. The second-order valence-corrected chi connectivity index (χ2v) is 10.2. The van der Waals surface area contributed by atoms with E-state index in [0.717, 1.165) is 16.0 Å². The summed E-state index contributed by atoms with van der Waals surface area (Å²) in [5, 5.41) is 25.0. The van der Waals surface area contributed by atoms with E-state index in [1.807, 2.05) is 32.0 Å². The molecule has 0 spiro atoms. The number of phenols is 1. The number of aliphatic hydroxyl groups excluding tert-OH is 1. The lowest BCUT2D eigenvalue weighted by Gasteiger charge is -2.34. The standard InChI is InChI=1S/C28H38N4O7/c1-17-7-6-8-18(2)23(17)31-25(36)24(19-9-11-20(34)12-10-19)32(15-16-33)26(37)21(13-14-22(29)35)30-27(38)39-28(3,4)5/h6-12,21,24,33-34H,13-16H2,1-5H3,(H2,29,35)(H,30,38)(H,31,36). The number of aryl methyl sites for hydroxylation is 2. The molecule has 0 fully saturated rings. The zero-order chi connectivity index (χ0) is 29.3.